The third-order valence-corrected chi connectivity index (χ3v) is 3.81. The SMILES string of the molecule is Cc1cccc(C(=O)N(C)CC(O)C2CC2)c1C. The van der Waals surface area contributed by atoms with Crippen LogP contribution in [0.2, 0.25) is 0 Å². The van der Waals surface area contributed by atoms with Crippen LogP contribution < -0.4 is 0 Å². The molecule has 1 amide bonds. The molecule has 1 aromatic carbocycles. The molecule has 1 saturated carbocycles. The topological polar surface area (TPSA) is 40.5 Å². The third-order valence-electron chi connectivity index (χ3n) is 3.81. The fourth-order valence-corrected chi connectivity index (χ4v) is 2.18. The van der Waals surface area contributed by atoms with Crippen LogP contribution in [-0.2, 0) is 0 Å². The van der Waals surface area contributed by atoms with Gasteiger partial charge in [0, 0.05) is 19.2 Å². The van der Waals surface area contributed by atoms with Crippen molar-refractivity contribution in [2.24, 2.45) is 5.92 Å². The quantitative estimate of drug-likeness (QED) is 0.885. The van der Waals surface area contributed by atoms with Crippen LogP contribution >= 0.6 is 0 Å². The molecule has 18 heavy (non-hydrogen) atoms. The van der Waals surface area contributed by atoms with Gasteiger partial charge in [-0.1, -0.05) is 12.1 Å². The first-order chi connectivity index (χ1) is 8.50. The van der Waals surface area contributed by atoms with Crippen LogP contribution in [0, 0.1) is 19.8 Å². The summed E-state index contributed by atoms with van der Waals surface area (Å²) in [5.41, 5.74) is 2.88. The van der Waals surface area contributed by atoms with E-state index in [4.69, 9.17) is 0 Å². The van der Waals surface area contributed by atoms with Gasteiger partial charge in [-0.25, -0.2) is 0 Å². The van der Waals surface area contributed by atoms with Crippen molar-refractivity contribution in [3.63, 3.8) is 0 Å². The zero-order valence-electron chi connectivity index (χ0n) is 11.3. The molecule has 0 aliphatic heterocycles. The predicted octanol–water partition coefficient (Wildman–Crippen LogP) is 2.15. The molecule has 3 heteroatoms. The van der Waals surface area contributed by atoms with Crippen molar-refractivity contribution >= 4 is 5.91 Å². The molecule has 0 heterocycles. The first-order valence-electron chi connectivity index (χ1n) is 6.50. The molecule has 0 aromatic heterocycles. The number of amides is 1. The van der Waals surface area contributed by atoms with Gasteiger partial charge in [0.15, 0.2) is 0 Å². The molecule has 98 valence electrons. The summed E-state index contributed by atoms with van der Waals surface area (Å²) in [5, 5.41) is 9.89. The summed E-state index contributed by atoms with van der Waals surface area (Å²) >= 11 is 0. The molecule has 0 bridgehead atoms. The lowest BCUT2D eigenvalue weighted by Gasteiger charge is -2.22. The Hall–Kier alpha value is -1.35. The number of aliphatic hydroxyl groups is 1. The normalized spacial score (nSPS) is 16.4. The van der Waals surface area contributed by atoms with Crippen LogP contribution in [0.25, 0.3) is 0 Å². The first-order valence-corrected chi connectivity index (χ1v) is 6.50. The van der Waals surface area contributed by atoms with Crippen molar-refractivity contribution in [1.29, 1.82) is 0 Å². The molecule has 0 radical (unpaired) electrons. The van der Waals surface area contributed by atoms with Crippen molar-refractivity contribution in [3.05, 3.63) is 34.9 Å². The van der Waals surface area contributed by atoms with Crippen molar-refractivity contribution in [1.82, 2.24) is 4.90 Å². The highest BCUT2D eigenvalue weighted by Crippen LogP contribution is 2.32. The minimum absolute atomic E-state index is 0.00380. The molecule has 3 nitrogen and oxygen atoms in total. The Balaban J connectivity index is 2.07. The van der Waals surface area contributed by atoms with E-state index in [9.17, 15) is 9.90 Å². The van der Waals surface area contributed by atoms with Crippen molar-refractivity contribution in [2.75, 3.05) is 13.6 Å². The monoisotopic (exact) mass is 247 g/mol. The second kappa shape index (κ2) is 5.11. The van der Waals surface area contributed by atoms with Gasteiger partial charge in [-0.05, 0) is 49.8 Å². The Morgan fingerprint density at radius 1 is 1.44 bits per heavy atom. The summed E-state index contributed by atoms with van der Waals surface area (Å²) in [5.74, 6) is 0.398. The average molecular weight is 247 g/mol. The van der Waals surface area contributed by atoms with Crippen molar-refractivity contribution < 1.29 is 9.90 Å². The molecule has 1 N–H and O–H groups in total. The van der Waals surface area contributed by atoms with Gasteiger partial charge in [-0.15, -0.1) is 0 Å². The molecule has 1 fully saturated rings. The number of likely N-dealkylation sites (N-methyl/N-ethyl adjacent to an activating group) is 1. The number of carbonyl (C=O) groups excluding carboxylic acids is 1. The number of benzene rings is 1. The number of hydrogen-bond donors (Lipinski definition) is 1. The predicted molar refractivity (Wildman–Crippen MR) is 71.6 cm³/mol. The Bertz CT molecular complexity index is 452. The van der Waals surface area contributed by atoms with E-state index in [2.05, 4.69) is 0 Å². The summed E-state index contributed by atoms with van der Waals surface area (Å²) in [6.45, 7) is 4.40. The van der Waals surface area contributed by atoms with E-state index < -0.39 is 0 Å². The highest BCUT2D eigenvalue weighted by atomic mass is 16.3. The minimum atomic E-state index is -0.371. The van der Waals surface area contributed by atoms with E-state index in [1.165, 1.54) is 0 Å². The van der Waals surface area contributed by atoms with E-state index >= 15 is 0 Å². The number of aliphatic hydroxyl groups excluding tert-OH is 1. The summed E-state index contributed by atoms with van der Waals surface area (Å²) in [6, 6.07) is 5.76. The number of hydrogen-bond acceptors (Lipinski definition) is 2. The smallest absolute Gasteiger partial charge is 0.253 e. The van der Waals surface area contributed by atoms with Gasteiger partial charge >= 0.3 is 0 Å². The lowest BCUT2D eigenvalue weighted by Crippen LogP contribution is -2.35. The molecular weight excluding hydrogens is 226 g/mol. The maximum Gasteiger partial charge on any atom is 0.253 e. The van der Waals surface area contributed by atoms with Gasteiger partial charge in [0.1, 0.15) is 0 Å². The molecule has 2 rings (SSSR count). The van der Waals surface area contributed by atoms with Crippen LogP contribution in [-0.4, -0.2) is 35.6 Å². The zero-order chi connectivity index (χ0) is 13.3. The summed E-state index contributed by atoms with van der Waals surface area (Å²) in [7, 11) is 1.76. The third kappa shape index (κ3) is 2.72. The fourth-order valence-electron chi connectivity index (χ4n) is 2.18. The zero-order valence-corrected chi connectivity index (χ0v) is 11.3. The molecular formula is C15H21NO2. The van der Waals surface area contributed by atoms with E-state index in [-0.39, 0.29) is 12.0 Å². The maximum absolute atomic E-state index is 12.3. The highest BCUT2D eigenvalue weighted by Gasteiger charge is 2.31. The van der Waals surface area contributed by atoms with E-state index in [1.807, 2.05) is 32.0 Å². The maximum atomic E-state index is 12.3. The molecule has 1 aliphatic carbocycles. The second-order valence-electron chi connectivity index (χ2n) is 5.34. The van der Waals surface area contributed by atoms with Crippen molar-refractivity contribution in [2.45, 2.75) is 32.8 Å². The van der Waals surface area contributed by atoms with E-state index in [0.29, 0.717) is 12.5 Å². The van der Waals surface area contributed by atoms with Gasteiger partial charge in [-0.3, -0.25) is 4.79 Å². The Labute approximate surface area is 108 Å². The summed E-state index contributed by atoms with van der Waals surface area (Å²) < 4.78 is 0. The summed E-state index contributed by atoms with van der Waals surface area (Å²) in [4.78, 5) is 13.9. The second-order valence-corrected chi connectivity index (χ2v) is 5.34. The van der Waals surface area contributed by atoms with Gasteiger partial charge < -0.3 is 10.0 Å². The number of aryl methyl sites for hydroxylation is 1. The molecule has 1 atom stereocenters. The number of nitrogens with zero attached hydrogens (tertiary/aromatic N) is 1. The van der Waals surface area contributed by atoms with Crippen LogP contribution in [0.1, 0.15) is 34.3 Å². The number of carbonyl (C=O) groups is 1. The lowest BCUT2D eigenvalue weighted by molar-refractivity contribution is 0.0644. The Morgan fingerprint density at radius 2 is 2.11 bits per heavy atom. The average Bonchev–Trinajstić information content (AvgIpc) is 3.15. The van der Waals surface area contributed by atoms with Gasteiger partial charge in [0.25, 0.3) is 5.91 Å². The first kappa shape index (κ1) is 13.1. The molecule has 1 aliphatic rings. The Morgan fingerprint density at radius 3 is 2.72 bits per heavy atom. The Kier molecular flexibility index (Phi) is 3.71. The van der Waals surface area contributed by atoms with E-state index in [0.717, 1.165) is 29.5 Å². The van der Waals surface area contributed by atoms with Crippen LogP contribution in [0.15, 0.2) is 18.2 Å². The van der Waals surface area contributed by atoms with Crippen LogP contribution in [0.3, 0.4) is 0 Å². The molecule has 1 aromatic rings. The fraction of sp³-hybridized carbons (Fsp3) is 0.533. The van der Waals surface area contributed by atoms with E-state index in [1.54, 1.807) is 11.9 Å². The lowest BCUT2D eigenvalue weighted by atomic mass is 10.0. The largest absolute Gasteiger partial charge is 0.391 e. The van der Waals surface area contributed by atoms with Crippen LogP contribution in [0.4, 0.5) is 0 Å². The van der Waals surface area contributed by atoms with Gasteiger partial charge in [0.05, 0.1) is 6.10 Å². The van der Waals surface area contributed by atoms with Gasteiger partial charge in [-0.2, -0.15) is 0 Å². The molecule has 1 unspecified atom stereocenters. The van der Waals surface area contributed by atoms with Crippen molar-refractivity contribution in [3.8, 4) is 0 Å². The highest BCUT2D eigenvalue weighted by molar-refractivity contribution is 5.95. The number of rotatable bonds is 4. The molecule has 0 saturated heterocycles. The minimum Gasteiger partial charge on any atom is -0.391 e. The van der Waals surface area contributed by atoms with Crippen LogP contribution in [0.5, 0.6) is 0 Å². The summed E-state index contributed by atoms with van der Waals surface area (Å²) in [6.07, 6.45) is 1.81. The molecule has 0 spiro atoms. The standard InChI is InChI=1S/C15H21NO2/c1-10-5-4-6-13(11(10)2)15(18)16(3)9-14(17)12-7-8-12/h4-6,12,14,17H,7-9H2,1-3H3. The van der Waals surface area contributed by atoms with Gasteiger partial charge in [0.2, 0.25) is 0 Å².